The highest BCUT2D eigenvalue weighted by Gasteiger charge is 2.28. The van der Waals surface area contributed by atoms with Crippen LogP contribution in [0.15, 0.2) is 22.7 Å². The standard InChI is InChI=1S/C21H21BrN2O5/c1-4-28-18(25)10-15-13(11(3)23-19(15)21(27)29-5-2)9-16-14-8-12(22)6-7-17(14)24-20(16)26/h6-9,23H,4-5,10H2,1-3H3,(H,24,26)/b16-9+. The molecular formula is C21H21BrN2O5. The third kappa shape index (κ3) is 4.27. The first-order valence-corrected chi connectivity index (χ1v) is 10.0. The van der Waals surface area contributed by atoms with Gasteiger partial charge in [0.1, 0.15) is 5.69 Å². The van der Waals surface area contributed by atoms with Gasteiger partial charge in [-0.25, -0.2) is 4.79 Å². The van der Waals surface area contributed by atoms with Crippen LogP contribution in [0.3, 0.4) is 0 Å². The van der Waals surface area contributed by atoms with Gasteiger partial charge in [0.2, 0.25) is 0 Å². The zero-order chi connectivity index (χ0) is 21.1. The Hall–Kier alpha value is -2.87. The average molecular weight is 461 g/mol. The van der Waals surface area contributed by atoms with Gasteiger partial charge in [-0.2, -0.15) is 0 Å². The van der Waals surface area contributed by atoms with Gasteiger partial charge < -0.3 is 19.8 Å². The molecule has 29 heavy (non-hydrogen) atoms. The van der Waals surface area contributed by atoms with Crippen LogP contribution in [-0.4, -0.2) is 36.0 Å². The molecule has 152 valence electrons. The maximum Gasteiger partial charge on any atom is 0.355 e. The summed E-state index contributed by atoms with van der Waals surface area (Å²) in [6, 6.07) is 5.50. The molecule has 0 fully saturated rings. The Morgan fingerprint density at radius 1 is 1.17 bits per heavy atom. The summed E-state index contributed by atoms with van der Waals surface area (Å²) in [6.45, 7) is 5.64. The molecule has 0 saturated carbocycles. The van der Waals surface area contributed by atoms with E-state index in [9.17, 15) is 14.4 Å². The molecule has 0 unspecified atom stereocenters. The smallest absolute Gasteiger partial charge is 0.355 e. The van der Waals surface area contributed by atoms with Crippen molar-refractivity contribution < 1.29 is 23.9 Å². The van der Waals surface area contributed by atoms with Crippen molar-refractivity contribution in [1.29, 1.82) is 0 Å². The maximum absolute atomic E-state index is 12.5. The van der Waals surface area contributed by atoms with Crippen LogP contribution in [0.5, 0.6) is 0 Å². The largest absolute Gasteiger partial charge is 0.466 e. The first-order valence-electron chi connectivity index (χ1n) is 9.22. The number of aryl methyl sites for hydroxylation is 1. The Balaban J connectivity index is 2.13. The lowest BCUT2D eigenvalue weighted by atomic mass is 9.99. The van der Waals surface area contributed by atoms with Crippen LogP contribution < -0.4 is 5.32 Å². The van der Waals surface area contributed by atoms with E-state index in [1.807, 2.05) is 18.2 Å². The number of fused-ring (bicyclic) bond motifs is 1. The minimum Gasteiger partial charge on any atom is -0.466 e. The zero-order valence-electron chi connectivity index (χ0n) is 16.3. The topological polar surface area (TPSA) is 97.5 Å². The number of hydrogen-bond acceptors (Lipinski definition) is 5. The number of carbonyl (C=O) groups is 3. The Bertz CT molecular complexity index is 1020. The Morgan fingerprint density at radius 2 is 1.90 bits per heavy atom. The van der Waals surface area contributed by atoms with Gasteiger partial charge in [0.05, 0.1) is 19.6 Å². The summed E-state index contributed by atoms with van der Waals surface area (Å²) >= 11 is 3.42. The summed E-state index contributed by atoms with van der Waals surface area (Å²) in [7, 11) is 0. The van der Waals surface area contributed by atoms with Crippen molar-refractivity contribution in [1.82, 2.24) is 4.98 Å². The second-order valence-corrected chi connectivity index (χ2v) is 7.34. The number of esters is 2. The molecule has 1 aromatic heterocycles. The van der Waals surface area contributed by atoms with E-state index in [2.05, 4.69) is 26.2 Å². The number of nitrogens with one attached hydrogen (secondary N) is 2. The molecule has 0 aliphatic carbocycles. The molecule has 7 nitrogen and oxygen atoms in total. The summed E-state index contributed by atoms with van der Waals surface area (Å²) in [5, 5.41) is 2.82. The number of H-pyrrole nitrogens is 1. The van der Waals surface area contributed by atoms with Crippen molar-refractivity contribution in [2.24, 2.45) is 0 Å². The summed E-state index contributed by atoms with van der Waals surface area (Å²) in [4.78, 5) is 40.1. The van der Waals surface area contributed by atoms with Gasteiger partial charge in [-0.3, -0.25) is 9.59 Å². The van der Waals surface area contributed by atoms with E-state index < -0.39 is 11.9 Å². The van der Waals surface area contributed by atoms with Gasteiger partial charge in [0, 0.05) is 38.1 Å². The third-order valence-electron chi connectivity index (χ3n) is 4.50. The highest BCUT2D eigenvalue weighted by molar-refractivity contribution is 9.10. The van der Waals surface area contributed by atoms with Crippen molar-refractivity contribution in [2.45, 2.75) is 27.2 Å². The number of ether oxygens (including phenoxy) is 2. The number of amides is 1. The van der Waals surface area contributed by atoms with Gasteiger partial charge >= 0.3 is 11.9 Å². The minimum absolute atomic E-state index is 0.113. The van der Waals surface area contributed by atoms with Crippen LogP contribution >= 0.6 is 15.9 Å². The summed E-state index contributed by atoms with van der Waals surface area (Å²) in [6.07, 6.45) is 1.58. The second kappa shape index (κ2) is 8.65. The lowest BCUT2D eigenvalue weighted by Gasteiger charge is -2.06. The van der Waals surface area contributed by atoms with E-state index in [1.54, 1.807) is 26.8 Å². The Morgan fingerprint density at radius 3 is 2.59 bits per heavy atom. The van der Waals surface area contributed by atoms with Crippen molar-refractivity contribution in [3.05, 3.63) is 50.8 Å². The number of carbonyl (C=O) groups excluding carboxylic acids is 3. The first-order chi connectivity index (χ1) is 13.8. The Kier molecular flexibility index (Phi) is 6.22. The van der Waals surface area contributed by atoms with Gasteiger partial charge in [0.25, 0.3) is 5.91 Å². The van der Waals surface area contributed by atoms with Gasteiger partial charge in [-0.15, -0.1) is 0 Å². The molecular weight excluding hydrogens is 440 g/mol. The molecule has 2 heterocycles. The number of aromatic nitrogens is 1. The fraction of sp³-hybridized carbons (Fsp3) is 0.286. The normalized spacial score (nSPS) is 13.9. The highest BCUT2D eigenvalue weighted by Crippen LogP contribution is 2.36. The molecule has 0 spiro atoms. The molecule has 2 N–H and O–H groups in total. The summed E-state index contributed by atoms with van der Waals surface area (Å²) in [5.74, 6) is -1.27. The van der Waals surface area contributed by atoms with Crippen LogP contribution in [0.4, 0.5) is 5.69 Å². The van der Waals surface area contributed by atoms with Crippen LogP contribution in [0, 0.1) is 6.92 Å². The number of aromatic amines is 1. The maximum atomic E-state index is 12.5. The highest BCUT2D eigenvalue weighted by atomic mass is 79.9. The molecule has 1 aliphatic heterocycles. The number of anilines is 1. The Labute approximate surface area is 176 Å². The molecule has 0 bridgehead atoms. The SMILES string of the molecule is CCOC(=O)Cc1c(C(=O)OCC)[nH]c(C)c1/C=C1/C(=O)Nc2ccc(Br)cc21. The molecule has 3 rings (SSSR count). The number of hydrogen-bond donors (Lipinski definition) is 2. The van der Waals surface area contributed by atoms with Crippen molar-refractivity contribution >= 4 is 51.1 Å². The predicted molar refractivity (Wildman–Crippen MR) is 112 cm³/mol. The molecule has 8 heteroatoms. The number of benzene rings is 1. The fourth-order valence-electron chi connectivity index (χ4n) is 3.25. The number of rotatable bonds is 6. The van der Waals surface area contributed by atoms with Crippen LogP contribution in [0.2, 0.25) is 0 Å². The second-order valence-electron chi connectivity index (χ2n) is 6.42. The van der Waals surface area contributed by atoms with E-state index in [0.29, 0.717) is 28.1 Å². The van der Waals surface area contributed by atoms with Gasteiger partial charge in [-0.1, -0.05) is 15.9 Å². The lowest BCUT2D eigenvalue weighted by molar-refractivity contribution is -0.142. The minimum atomic E-state index is -0.557. The van der Waals surface area contributed by atoms with E-state index in [4.69, 9.17) is 9.47 Å². The predicted octanol–water partition coefficient (Wildman–Crippen LogP) is 3.86. The summed E-state index contributed by atoms with van der Waals surface area (Å²) in [5.41, 5.74) is 3.78. The van der Waals surface area contributed by atoms with Gasteiger partial charge in [-0.05, 0) is 45.0 Å². The zero-order valence-corrected chi connectivity index (χ0v) is 17.9. The van der Waals surface area contributed by atoms with E-state index >= 15 is 0 Å². The van der Waals surface area contributed by atoms with Crippen molar-refractivity contribution in [2.75, 3.05) is 18.5 Å². The van der Waals surface area contributed by atoms with Gasteiger partial charge in [0.15, 0.2) is 0 Å². The molecule has 2 aromatic rings. The molecule has 0 saturated heterocycles. The molecule has 0 atom stereocenters. The quantitative estimate of drug-likeness (QED) is 0.503. The molecule has 1 aromatic carbocycles. The lowest BCUT2D eigenvalue weighted by Crippen LogP contribution is -2.13. The molecule has 1 aliphatic rings. The van der Waals surface area contributed by atoms with Crippen molar-refractivity contribution in [3.8, 4) is 0 Å². The fourth-order valence-corrected chi connectivity index (χ4v) is 3.61. The van der Waals surface area contributed by atoms with E-state index in [1.165, 1.54) is 0 Å². The van der Waals surface area contributed by atoms with Crippen LogP contribution in [0.1, 0.15) is 46.7 Å². The van der Waals surface area contributed by atoms with Crippen LogP contribution in [-0.2, 0) is 25.5 Å². The number of halogens is 1. The monoisotopic (exact) mass is 460 g/mol. The molecule has 0 radical (unpaired) electrons. The molecule has 1 amide bonds. The van der Waals surface area contributed by atoms with E-state index in [0.717, 1.165) is 10.0 Å². The first kappa shape index (κ1) is 20.9. The van der Waals surface area contributed by atoms with E-state index in [-0.39, 0.29) is 31.2 Å². The third-order valence-corrected chi connectivity index (χ3v) is 5.00. The van der Waals surface area contributed by atoms with Crippen LogP contribution in [0.25, 0.3) is 11.6 Å². The van der Waals surface area contributed by atoms with Crippen molar-refractivity contribution in [3.63, 3.8) is 0 Å². The summed E-state index contributed by atoms with van der Waals surface area (Å²) < 4.78 is 11.0. The average Bonchev–Trinajstić information content (AvgIpc) is 3.13.